The van der Waals surface area contributed by atoms with Crippen LogP contribution in [0.1, 0.15) is 45.1 Å². The van der Waals surface area contributed by atoms with Gasteiger partial charge in [0.05, 0.1) is 0 Å². The SMILES string of the molecule is CCCCN(CCCC)C(=O)Cn1c(-c2ccc(F)cc2)cc2ccc(C)cc21. The number of aryl methyl sites for hydroxylation is 1. The molecule has 1 amide bonds. The van der Waals surface area contributed by atoms with E-state index >= 15 is 0 Å². The van der Waals surface area contributed by atoms with Crippen molar-refractivity contribution in [3.05, 3.63) is 59.9 Å². The fourth-order valence-electron chi connectivity index (χ4n) is 3.69. The third-order valence-electron chi connectivity index (χ3n) is 5.41. The van der Waals surface area contributed by atoms with Gasteiger partial charge >= 0.3 is 0 Å². The van der Waals surface area contributed by atoms with Crippen LogP contribution >= 0.6 is 0 Å². The molecule has 0 saturated heterocycles. The van der Waals surface area contributed by atoms with E-state index in [4.69, 9.17) is 0 Å². The number of nitrogens with zero attached hydrogens (tertiary/aromatic N) is 2. The fraction of sp³-hybridized carbons (Fsp3) is 0.400. The molecule has 2 aromatic carbocycles. The third-order valence-corrected chi connectivity index (χ3v) is 5.41. The Morgan fingerprint density at radius 3 is 2.24 bits per heavy atom. The van der Waals surface area contributed by atoms with Gasteiger partial charge in [0, 0.05) is 29.7 Å². The first kappa shape index (κ1) is 21.1. The number of amides is 1. The molecule has 0 N–H and O–H groups in total. The summed E-state index contributed by atoms with van der Waals surface area (Å²) in [6.45, 7) is 8.27. The van der Waals surface area contributed by atoms with Gasteiger partial charge in [0.25, 0.3) is 0 Å². The Morgan fingerprint density at radius 2 is 1.62 bits per heavy atom. The second-order valence-electron chi connectivity index (χ2n) is 7.77. The molecule has 0 aliphatic carbocycles. The number of carbonyl (C=O) groups excluding carboxylic acids is 1. The summed E-state index contributed by atoms with van der Waals surface area (Å²) in [6.07, 6.45) is 4.18. The normalized spacial score (nSPS) is 11.2. The van der Waals surface area contributed by atoms with Gasteiger partial charge in [-0.3, -0.25) is 4.79 Å². The van der Waals surface area contributed by atoms with E-state index in [1.165, 1.54) is 12.1 Å². The Hall–Kier alpha value is -2.62. The van der Waals surface area contributed by atoms with Crippen molar-refractivity contribution in [2.45, 2.75) is 53.0 Å². The van der Waals surface area contributed by atoms with Gasteiger partial charge in [0.1, 0.15) is 12.4 Å². The minimum Gasteiger partial charge on any atom is -0.341 e. The molecule has 4 heteroatoms. The molecule has 0 saturated carbocycles. The van der Waals surface area contributed by atoms with Crippen LogP contribution in [0, 0.1) is 12.7 Å². The first-order valence-electron chi connectivity index (χ1n) is 10.7. The quantitative estimate of drug-likeness (QED) is 0.425. The van der Waals surface area contributed by atoms with Crippen LogP contribution in [0.25, 0.3) is 22.2 Å². The lowest BCUT2D eigenvalue weighted by Gasteiger charge is -2.23. The molecule has 0 radical (unpaired) electrons. The maximum Gasteiger partial charge on any atom is 0.242 e. The first-order valence-corrected chi connectivity index (χ1v) is 10.7. The molecule has 154 valence electrons. The van der Waals surface area contributed by atoms with Gasteiger partial charge in [-0.2, -0.15) is 0 Å². The summed E-state index contributed by atoms with van der Waals surface area (Å²) in [7, 11) is 0. The predicted octanol–water partition coefficient (Wildman–Crippen LogP) is 6.18. The number of rotatable bonds is 9. The van der Waals surface area contributed by atoms with Crippen molar-refractivity contribution in [3.8, 4) is 11.3 Å². The molecule has 0 aliphatic heterocycles. The van der Waals surface area contributed by atoms with Gasteiger partial charge in [-0.15, -0.1) is 0 Å². The largest absolute Gasteiger partial charge is 0.341 e. The monoisotopic (exact) mass is 394 g/mol. The molecule has 29 heavy (non-hydrogen) atoms. The summed E-state index contributed by atoms with van der Waals surface area (Å²) in [5.74, 6) is -0.108. The average molecular weight is 395 g/mol. The van der Waals surface area contributed by atoms with Crippen LogP contribution in [0.5, 0.6) is 0 Å². The van der Waals surface area contributed by atoms with E-state index < -0.39 is 0 Å². The summed E-state index contributed by atoms with van der Waals surface area (Å²) in [6, 6.07) is 14.9. The smallest absolute Gasteiger partial charge is 0.242 e. The van der Waals surface area contributed by atoms with E-state index in [2.05, 4.69) is 49.6 Å². The lowest BCUT2D eigenvalue weighted by molar-refractivity contribution is -0.131. The number of fused-ring (bicyclic) bond motifs is 1. The van der Waals surface area contributed by atoms with Crippen molar-refractivity contribution in [1.29, 1.82) is 0 Å². The zero-order valence-corrected chi connectivity index (χ0v) is 17.7. The zero-order valence-electron chi connectivity index (χ0n) is 17.7. The van der Waals surface area contributed by atoms with Crippen molar-refractivity contribution in [3.63, 3.8) is 0 Å². The minimum atomic E-state index is -0.256. The summed E-state index contributed by atoms with van der Waals surface area (Å²) < 4.78 is 15.5. The Bertz CT molecular complexity index is 951. The Morgan fingerprint density at radius 1 is 0.966 bits per heavy atom. The van der Waals surface area contributed by atoms with Gasteiger partial charge in [-0.05, 0) is 67.3 Å². The molecule has 0 fully saturated rings. The fourth-order valence-corrected chi connectivity index (χ4v) is 3.69. The Labute approximate surface area is 173 Å². The molecule has 3 rings (SSSR count). The topological polar surface area (TPSA) is 25.2 Å². The zero-order chi connectivity index (χ0) is 20.8. The highest BCUT2D eigenvalue weighted by molar-refractivity contribution is 5.89. The molecule has 0 aliphatic rings. The van der Waals surface area contributed by atoms with Crippen LogP contribution in [0.4, 0.5) is 4.39 Å². The number of carbonyl (C=O) groups is 1. The molecule has 0 spiro atoms. The average Bonchev–Trinajstić information content (AvgIpc) is 3.06. The minimum absolute atomic E-state index is 0.147. The van der Waals surface area contributed by atoms with Crippen LogP contribution in [0.3, 0.4) is 0 Å². The Balaban J connectivity index is 1.99. The molecular formula is C25H31FN2O. The molecule has 3 aromatic rings. The van der Waals surface area contributed by atoms with Crippen molar-refractivity contribution in [1.82, 2.24) is 9.47 Å². The predicted molar refractivity (Wildman–Crippen MR) is 118 cm³/mol. The molecule has 1 aromatic heterocycles. The number of benzene rings is 2. The van der Waals surface area contributed by atoms with Gasteiger partial charge in [0.15, 0.2) is 0 Å². The summed E-state index contributed by atoms with van der Waals surface area (Å²) in [5, 5.41) is 1.09. The molecule has 3 nitrogen and oxygen atoms in total. The van der Waals surface area contributed by atoms with E-state index in [1.807, 2.05) is 4.90 Å². The standard InChI is InChI=1S/C25H31FN2O/c1-4-6-14-27(15-7-5-2)25(29)18-28-23-16-19(3)8-9-21(23)17-24(28)20-10-12-22(26)13-11-20/h8-13,16-17H,4-7,14-15,18H2,1-3H3. The van der Waals surface area contributed by atoms with Crippen LogP contribution < -0.4 is 0 Å². The number of hydrogen-bond donors (Lipinski definition) is 0. The second kappa shape index (κ2) is 9.73. The van der Waals surface area contributed by atoms with Crippen molar-refractivity contribution in [2.24, 2.45) is 0 Å². The van der Waals surface area contributed by atoms with Gasteiger partial charge in [-0.1, -0.05) is 38.8 Å². The van der Waals surface area contributed by atoms with Crippen molar-refractivity contribution < 1.29 is 9.18 Å². The van der Waals surface area contributed by atoms with Crippen molar-refractivity contribution in [2.75, 3.05) is 13.1 Å². The molecule has 0 atom stereocenters. The number of unbranched alkanes of at least 4 members (excludes halogenated alkanes) is 2. The van der Waals surface area contributed by atoms with Crippen LogP contribution in [0.2, 0.25) is 0 Å². The van der Waals surface area contributed by atoms with E-state index in [0.29, 0.717) is 6.54 Å². The number of halogens is 1. The highest BCUT2D eigenvalue weighted by Gasteiger charge is 2.18. The first-order chi connectivity index (χ1) is 14.0. The highest BCUT2D eigenvalue weighted by Crippen LogP contribution is 2.29. The van der Waals surface area contributed by atoms with E-state index in [0.717, 1.165) is 66.5 Å². The van der Waals surface area contributed by atoms with Gasteiger partial charge in [-0.25, -0.2) is 4.39 Å². The van der Waals surface area contributed by atoms with Gasteiger partial charge in [0.2, 0.25) is 5.91 Å². The lowest BCUT2D eigenvalue weighted by Crippen LogP contribution is -2.35. The second-order valence-corrected chi connectivity index (χ2v) is 7.77. The lowest BCUT2D eigenvalue weighted by atomic mass is 10.1. The van der Waals surface area contributed by atoms with Crippen molar-refractivity contribution >= 4 is 16.8 Å². The summed E-state index contributed by atoms with van der Waals surface area (Å²) >= 11 is 0. The van der Waals surface area contributed by atoms with E-state index in [1.54, 1.807) is 12.1 Å². The maximum absolute atomic E-state index is 13.4. The summed E-state index contributed by atoms with van der Waals surface area (Å²) in [4.78, 5) is 15.2. The highest BCUT2D eigenvalue weighted by atomic mass is 19.1. The number of hydrogen-bond acceptors (Lipinski definition) is 1. The Kier molecular flexibility index (Phi) is 7.08. The van der Waals surface area contributed by atoms with Gasteiger partial charge < -0.3 is 9.47 Å². The van der Waals surface area contributed by atoms with Crippen LogP contribution in [0.15, 0.2) is 48.5 Å². The molecule has 0 unspecified atom stereocenters. The molecular weight excluding hydrogens is 363 g/mol. The summed E-state index contributed by atoms with van der Waals surface area (Å²) in [5.41, 5.74) is 4.07. The van der Waals surface area contributed by atoms with Crippen LogP contribution in [-0.4, -0.2) is 28.5 Å². The van der Waals surface area contributed by atoms with Crippen LogP contribution in [-0.2, 0) is 11.3 Å². The van der Waals surface area contributed by atoms with E-state index in [9.17, 15) is 9.18 Å². The molecule has 0 bridgehead atoms. The maximum atomic E-state index is 13.4. The molecule has 1 heterocycles. The van der Waals surface area contributed by atoms with E-state index in [-0.39, 0.29) is 11.7 Å². The number of aromatic nitrogens is 1. The third kappa shape index (κ3) is 5.06.